The molecule has 1 amide bonds. The average molecular weight is 263 g/mol. The van der Waals surface area contributed by atoms with Crippen LogP contribution < -0.4 is 4.90 Å². The molecule has 1 atom stereocenters. The Hall–Kier alpha value is -1.29. The summed E-state index contributed by atoms with van der Waals surface area (Å²) in [4.78, 5) is 24.9. The lowest BCUT2D eigenvalue weighted by atomic mass is 10.1. The lowest BCUT2D eigenvalue weighted by Crippen LogP contribution is -2.25. The number of rotatable bonds is 2. The van der Waals surface area contributed by atoms with Crippen molar-refractivity contribution >= 4 is 28.5 Å². The van der Waals surface area contributed by atoms with E-state index in [0.29, 0.717) is 13.0 Å². The maximum Gasteiger partial charge on any atom is 0.228 e. The summed E-state index contributed by atoms with van der Waals surface area (Å²) >= 11 is 1.27. The molecule has 0 bridgehead atoms. The maximum absolute atomic E-state index is 12.0. The molecule has 0 spiro atoms. The van der Waals surface area contributed by atoms with Gasteiger partial charge in [-0.3, -0.25) is 9.59 Å². The SMILES string of the molecule is CC(=O)SC1CC(=O)N(c2cc(C)ccc2C)C1. The van der Waals surface area contributed by atoms with E-state index in [9.17, 15) is 9.59 Å². The van der Waals surface area contributed by atoms with Crippen LogP contribution in [0.4, 0.5) is 5.69 Å². The Morgan fingerprint density at radius 1 is 1.39 bits per heavy atom. The van der Waals surface area contributed by atoms with Crippen molar-refractivity contribution in [1.82, 2.24) is 0 Å². The number of hydrogen-bond donors (Lipinski definition) is 0. The Labute approximate surface area is 112 Å². The number of thioether (sulfide) groups is 1. The van der Waals surface area contributed by atoms with Crippen molar-refractivity contribution in [2.45, 2.75) is 32.4 Å². The van der Waals surface area contributed by atoms with Crippen molar-refractivity contribution in [1.29, 1.82) is 0 Å². The third kappa shape index (κ3) is 2.75. The average Bonchev–Trinajstić information content (AvgIpc) is 2.62. The molecule has 1 heterocycles. The largest absolute Gasteiger partial charge is 0.311 e. The van der Waals surface area contributed by atoms with Crippen molar-refractivity contribution < 1.29 is 9.59 Å². The van der Waals surface area contributed by atoms with E-state index in [1.807, 2.05) is 36.9 Å². The second kappa shape index (κ2) is 5.14. The Kier molecular flexibility index (Phi) is 3.76. The smallest absolute Gasteiger partial charge is 0.228 e. The molecule has 0 aliphatic carbocycles. The van der Waals surface area contributed by atoms with Crippen molar-refractivity contribution in [2.75, 3.05) is 11.4 Å². The standard InChI is InChI=1S/C14H17NO2S/c1-9-4-5-10(2)13(6-9)15-8-12(7-14(15)17)18-11(3)16/h4-6,12H,7-8H2,1-3H3. The quantitative estimate of drug-likeness (QED) is 0.823. The van der Waals surface area contributed by atoms with E-state index in [-0.39, 0.29) is 16.3 Å². The first-order valence-corrected chi connectivity index (χ1v) is 6.90. The van der Waals surface area contributed by atoms with Crippen LogP contribution in [0, 0.1) is 13.8 Å². The number of anilines is 1. The van der Waals surface area contributed by atoms with E-state index >= 15 is 0 Å². The van der Waals surface area contributed by atoms with Crippen molar-refractivity contribution in [3.05, 3.63) is 29.3 Å². The zero-order chi connectivity index (χ0) is 13.3. The van der Waals surface area contributed by atoms with Gasteiger partial charge in [0.25, 0.3) is 0 Å². The maximum atomic E-state index is 12.0. The van der Waals surface area contributed by atoms with Gasteiger partial charge >= 0.3 is 0 Å². The third-order valence-corrected chi connectivity index (χ3v) is 4.06. The molecule has 2 rings (SSSR count). The van der Waals surface area contributed by atoms with Gasteiger partial charge in [-0.15, -0.1) is 0 Å². The summed E-state index contributed by atoms with van der Waals surface area (Å²) in [5, 5.41) is 0.172. The van der Waals surface area contributed by atoms with Gasteiger partial charge in [-0.1, -0.05) is 23.9 Å². The van der Waals surface area contributed by atoms with Gasteiger partial charge in [0, 0.05) is 30.8 Å². The number of nitrogens with zero attached hydrogens (tertiary/aromatic N) is 1. The minimum absolute atomic E-state index is 0.0793. The molecule has 3 nitrogen and oxygen atoms in total. The fraction of sp³-hybridized carbons (Fsp3) is 0.429. The molecular formula is C14H17NO2S. The van der Waals surface area contributed by atoms with Gasteiger partial charge in [0.2, 0.25) is 5.91 Å². The highest BCUT2D eigenvalue weighted by Crippen LogP contribution is 2.31. The first-order valence-electron chi connectivity index (χ1n) is 6.02. The molecule has 1 unspecified atom stereocenters. The summed E-state index contributed by atoms with van der Waals surface area (Å²) in [5.41, 5.74) is 3.22. The van der Waals surface area contributed by atoms with E-state index in [4.69, 9.17) is 0 Å². The fourth-order valence-corrected chi connectivity index (χ4v) is 3.15. The fourth-order valence-electron chi connectivity index (χ4n) is 2.23. The summed E-state index contributed by atoms with van der Waals surface area (Å²) in [6, 6.07) is 6.11. The minimum Gasteiger partial charge on any atom is -0.311 e. The predicted octanol–water partition coefficient (Wildman–Crippen LogP) is 2.69. The van der Waals surface area contributed by atoms with E-state index in [1.54, 1.807) is 6.92 Å². The summed E-state index contributed by atoms with van der Waals surface area (Å²) in [5.74, 6) is 0.113. The van der Waals surface area contributed by atoms with E-state index in [2.05, 4.69) is 0 Å². The minimum atomic E-state index is 0.0793. The van der Waals surface area contributed by atoms with Crippen LogP contribution in [-0.4, -0.2) is 22.8 Å². The first-order chi connectivity index (χ1) is 8.47. The summed E-state index contributed by atoms with van der Waals surface area (Å²) in [7, 11) is 0. The lowest BCUT2D eigenvalue weighted by molar-refractivity contribution is -0.117. The molecule has 0 N–H and O–H groups in total. The number of amides is 1. The van der Waals surface area contributed by atoms with Gasteiger partial charge in [0.1, 0.15) is 0 Å². The van der Waals surface area contributed by atoms with Gasteiger partial charge < -0.3 is 4.90 Å². The van der Waals surface area contributed by atoms with Crippen LogP contribution in [0.15, 0.2) is 18.2 Å². The Balaban J connectivity index is 2.21. The molecule has 1 aromatic carbocycles. The van der Waals surface area contributed by atoms with Crippen molar-refractivity contribution in [3.63, 3.8) is 0 Å². The zero-order valence-corrected chi connectivity index (χ0v) is 11.7. The number of carbonyl (C=O) groups is 2. The van der Waals surface area contributed by atoms with Crippen LogP contribution in [-0.2, 0) is 9.59 Å². The zero-order valence-electron chi connectivity index (χ0n) is 10.9. The van der Waals surface area contributed by atoms with Gasteiger partial charge in [-0.2, -0.15) is 0 Å². The molecule has 0 aromatic heterocycles. The van der Waals surface area contributed by atoms with Crippen LogP contribution in [0.3, 0.4) is 0 Å². The highest BCUT2D eigenvalue weighted by atomic mass is 32.2. The molecular weight excluding hydrogens is 246 g/mol. The van der Waals surface area contributed by atoms with Crippen LogP contribution in [0.5, 0.6) is 0 Å². The highest BCUT2D eigenvalue weighted by Gasteiger charge is 2.32. The van der Waals surface area contributed by atoms with Crippen LogP contribution in [0.1, 0.15) is 24.5 Å². The number of hydrogen-bond acceptors (Lipinski definition) is 3. The second-order valence-electron chi connectivity index (χ2n) is 4.73. The van der Waals surface area contributed by atoms with Crippen LogP contribution in [0.2, 0.25) is 0 Å². The van der Waals surface area contributed by atoms with E-state index in [1.165, 1.54) is 11.8 Å². The molecule has 18 heavy (non-hydrogen) atoms. The second-order valence-corrected chi connectivity index (χ2v) is 6.21. The van der Waals surface area contributed by atoms with Gasteiger partial charge in [0.05, 0.1) is 0 Å². The van der Waals surface area contributed by atoms with E-state index in [0.717, 1.165) is 16.8 Å². The van der Waals surface area contributed by atoms with Gasteiger partial charge in [0.15, 0.2) is 5.12 Å². The van der Waals surface area contributed by atoms with Crippen molar-refractivity contribution in [3.8, 4) is 0 Å². The summed E-state index contributed by atoms with van der Waals surface area (Å²) in [6.45, 7) is 6.21. The highest BCUT2D eigenvalue weighted by molar-refractivity contribution is 8.14. The third-order valence-electron chi connectivity index (χ3n) is 3.08. The molecule has 1 saturated heterocycles. The molecule has 1 fully saturated rings. The van der Waals surface area contributed by atoms with Crippen LogP contribution in [0.25, 0.3) is 0 Å². The molecule has 4 heteroatoms. The number of carbonyl (C=O) groups excluding carboxylic acids is 2. The van der Waals surface area contributed by atoms with Gasteiger partial charge in [-0.25, -0.2) is 0 Å². The molecule has 0 radical (unpaired) electrons. The summed E-state index contributed by atoms with van der Waals surface area (Å²) < 4.78 is 0. The number of benzene rings is 1. The topological polar surface area (TPSA) is 37.4 Å². The predicted molar refractivity (Wildman–Crippen MR) is 74.9 cm³/mol. The van der Waals surface area contributed by atoms with Crippen LogP contribution >= 0.6 is 11.8 Å². The lowest BCUT2D eigenvalue weighted by Gasteiger charge is -2.19. The monoisotopic (exact) mass is 263 g/mol. The molecule has 1 aliphatic heterocycles. The normalized spacial score (nSPS) is 19.4. The Bertz CT molecular complexity index is 499. The summed E-state index contributed by atoms with van der Waals surface area (Å²) in [6.07, 6.45) is 0.456. The van der Waals surface area contributed by atoms with Gasteiger partial charge in [-0.05, 0) is 31.0 Å². The van der Waals surface area contributed by atoms with E-state index < -0.39 is 0 Å². The Morgan fingerprint density at radius 3 is 2.78 bits per heavy atom. The number of aryl methyl sites for hydroxylation is 2. The van der Waals surface area contributed by atoms with Crippen molar-refractivity contribution in [2.24, 2.45) is 0 Å². The molecule has 1 aliphatic rings. The molecule has 1 aromatic rings. The Morgan fingerprint density at radius 2 is 2.11 bits per heavy atom. The first kappa shape index (κ1) is 13.1. The molecule has 0 saturated carbocycles. The molecule has 96 valence electrons.